The molecule has 0 bridgehead atoms. The van der Waals surface area contributed by atoms with Crippen LogP contribution in [0.4, 0.5) is 0 Å². The van der Waals surface area contributed by atoms with E-state index in [1.807, 2.05) is 19.9 Å². The van der Waals surface area contributed by atoms with Crippen molar-refractivity contribution >= 4 is 5.97 Å². The Morgan fingerprint density at radius 1 is 1.30 bits per heavy atom. The second-order valence-electron chi connectivity index (χ2n) is 6.19. The fourth-order valence-corrected chi connectivity index (χ4v) is 3.44. The van der Waals surface area contributed by atoms with E-state index in [1.165, 1.54) is 7.11 Å². The normalized spacial score (nSPS) is 15.8. The van der Waals surface area contributed by atoms with Gasteiger partial charge in [0.15, 0.2) is 0 Å². The Morgan fingerprint density at radius 3 is 2.67 bits per heavy atom. The summed E-state index contributed by atoms with van der Waals surface area (Å²) >= 11 is 0. The van der Waals surface area contributed by atoms with Gasteiger partial charge in [-0.3, -0.25) is 4.79 Å². The minimum atomic E-state index is -0.720. The molecule has 7 nitrogen and oxygen atoms in total. The summed E-state index contributed by atoms with van der Waals surface area (Å²) in [5.74, 6) is -0.488. The number of aromatic nitrogens is 1. The Kier molecular flexibility index (Phi) is 4.94. The number of benzene rings is 1. The van der Waals surface area contributed by atoms with Crippen LogP contribution >= 0.6 is 0 Å². The number of methoxy groups -OCH3 is 2. The van der Waals surface area contributed by atoms with Crippen LogP contribution in [0, 0.1) is 6.92 Å². The molecule has 0 radical (unpaired) electrons. The average molecular weight is 370 g/mol. The number of rotatable bonds is 4. The van der Waals surface area contributed by atoms with E-state index in [-0.39, 0.29) is 17.0 Å². The quantitative estimate of drug-likeness (QED) is 0.828. The maximum Gasteiger partial charge on any atom is 0.340 e. The zero-order valence-corrected chi connectivity index (χ0v) is 15.7. The van der Waals surface area contributed by atoms with E-state index in [0.717, 1.165) is 5.69 Å². The highest BCUT2D eigenvalue weighted by Gasteiger charge is 2.38. The molecule has 1 atom stereocenters. The minimum absolute atomic E-state index is 0.0739. The first kappa shape index (κ1) is 18.6. The number of hydrogen-bond donors (Lipinski definition) is 1. The van der Waals surface area contributed by atoms with E-state index >= 15 is 0 Å². The third-order valence-corrected chi connectivity index (χ3v) is 4.72. The molecule has 0 spiro atoms. The van der Waals surface area contributed by atoms with Crippen molar-refractivity contribution in [2.45, 2.75) is 26.3 Å². The molecule has 0 saturated heterocycles. The van der Waals surface area contributed by atoms with Crippen molar-refractivity contribution in [1.82, 2.24) is 4.57 Å². The van der Waals surface area contributed by atoms with E-state index in [1.54, 1.807) is 35.9 Å². The van der Waals surface area contributed by atoms with Crippen molar-refractivity contribution in [3.63, 3.8) is 0 Å². The van der Waals surface area contributed by atoms with Crippen LogP contribution < -0.4 is 20.8 Å². The van der Waals surface area contributed by atoms with Crippen LogP contribution in [0.5, 0.6) is 11.5 Å². The van der Waals surface area contributed by atoms with E-state index < -0.39 is 11.9 Å². The van der Waals surface area contributed by atoms with Gasteiger partial charge in [0.25, 0.3) is 5.56 Å². The zero-order chi connectivity index (χ0) is 19.7. The molecule has 2 aromatic rings. The van der Waals surface area contributed by atoms with Crippen molar-refractivity contribution < 1.29 is 19.0 Å². The molecule has 142 valence electrons. The largest absolute Gasteiger partial charge is 0.497 e. The zero-order valence-electron chi connectivity index (χ0n) is 15.7. The molecule has 1 aliphatic rings. The Balaban J connectivity index is 2.35. The maximum absolute atomic E-state index is 13.2. The second-order valence-corrected chi connectivity index (χ2v) is 6.19. The van der Waals surface area contributed by atoms with E-state index in [0.29, 0.717) is 29.2 Å². The van der Waals surface area contributed by atoms with Crippen molar-refractivity contribution in [3.8, 4) is 11.5 Å². The van der Waals surface area contributed by atoms with Crippen molar-refractivity contribution in [1.29, 1.82) is 0 Å². The van der Waals surface area contributed by atoms with Gasteiger partial charge in [0.1, 0.15) is 17.1 Å². The fraction of sp³-hybridized carbons (Fsp3) is 0.300. The third-order valence-electron chi connectivity index (χ3n) is 4.72. The number of ether oxygens (including phenoxy) is 3. The number of nitrogens with two attached hydrogens (primary N) is 1. The molecule has 0 aliphatic carbocycles. The van der Waals surface area contributed by atoms with Gasteiger partial charge in [-0.1, -0.05) is 12.1 Å². The molecule has 1 aromatic heterocycles. The van der Waals surface area contributed by atoms with Crippen LogP contribution in [-0.4, -0.2) is 24.8 Å². The lowest BCUT2D eigenvalue weighted by Gasteiger charge is -2.29. The van der Waals surface area contributed by atoms with E-state index in [2.05, 4.69) is 0 Å². The van der Waals surface area contributed by atoms with Gasteiger partial charge in [-0.25, -0.2) is 4.79 Å². The van der Waals surface area contributed by atoms with Crippen LogP contribution in [0.1, 0.15) is 29.7 Å². The monoisotopic (exact) mass is 370 g/mol. The molecule has 0 fully saturated rings. The first-order valence-corrected chi connectivity index (χ1v) is 8.57. The SMILES string of the molecule is CCn1c(C)cc2c(c1=O)[C@@H](c1cccc(OC)c1)C(C(=O)OC)=C(N)O2. The first-order chi connectivity index (χ1) is 12.9. The number of nitrogens with zero attached hydrogens (tertiary/aromatic N) is 1. The standard InChI is InChI=1S/C20H22N2O5/c1-5-22-11(2)9-14-16(19(22)23)15(12-7-6-8-13(10-12)25-3)17(18(21)27-14)20(24)26-4/h6-10,15H,5,21H2,1-4H3/t15-/m1/s1. The van der Waals surface area contributed by atoms with Gasteiger partial charge >= 0.3 is 5.97 Å². The molecule has 7 heteroatoms. The van der Waals surface area contributed by atoms with Gasteiger partial charge < -0.3 is 24.5 Å². The van der Waals surface area contributed by atoms with E-state index in [4.69, 9.17) is 19.9 Å². The highest BCUT2D eigenvalue weighted by atomic mass is 16.5. The Morgan fingerprint density at radius 2 is 2.04 bits per heavy atom. The Bertz CT molecular complexity index is 990. The highest BCUT2D eigenvalue weighted by molar-refractivity contribution is 5.92. The average Bonchev–Trinajstić information content (AvgIpc) is 2.66. The second kappa shape index (κ2) is 7.19. The third kappa shape index (κ3) is 3.05. The van der Waals surface area contributed by atoms with Crippen LogP contribution in [0.15, 0.2) is 46.6 Å². The van der Waals surface area contributed by atoms with Crippen LogP contribution in [0.25, 0.3) is 0 Å². The summed E-state index contributed by atoms with van der Waals surface area (Å²) in [5, 5.41) is 0. The summed E-state index contributed by atoms with van der Waals surface area (Å²) in [4.78, 5) is 25.7. The molecule has 2 heterocycles. The molecule has 2 N–H and O–H groups in total. The summed E-state index contributed by atoms with van der Waals surface area (Å²) in [6.07, 6.45) is 0. The van der Waals surface area contributed by atoms with Gasteiger partial charge in [-0.2, -0.15) is 0 Å². The highest BCUT2D eigenvalue weighted by Crippen LogP contribution is 2.41. The van der Waals surface area contributed by atoms with Crippen LogP contribution in [0.3, 0.4) is 0 Å². The van der Waals surface area contributed by atoms with Crippen molar-refractivity contribution in [3.05, 3.63) is 69.0 Å². The fourth-order valence-electron chi connectivity index (χ4n) is 3.44. The minimum Gasteiger partial charge on any atom is -0.497 e. The Hall–Kier alpha value is -3.22. The molecule has 0 amide bonds. The lowest BCUT2D eigenvalue weighted by atomic mass is 9.83. The number of carbonyl (C=O) groups is 1. The molecule has 27 heavy (non-hydrogen) atoms. The Labute approximate surface area is 157 Å². The smallest absolute Gasteiger partial charge is 0.340 e. The predicted octanol–water partition coefficient (Wildman–Crippen LogP) is 2.05. The number of pyridine rings is 1. The summed E-state index contributed by atoms with van der Waals surface area (Å²) in [6.45, 7) is 4.21. The molecular formula is C20H22N2O5. The van der Waals surface area contributed by atoms with Crippen molar-refractivity contribution in [2.24, 2.45) is 5.73 Å². The molecule has 1 aromatic carbocycles. The molecule has 0 saturated carbocycles. The number of hydrogen-bond acceptors (Lipinski definition) is 6. The topological polar surface area (TPSA) is 92.8 Å². The van der Waals surface area contributed by atoms with Gasteiger partial charge in [0.2, 0.25) is 5.88 Å². The summed E-state index contributed by atoms with van der Waals surface area (Å²) < 4.78 is 17.5. The number of fused-ring (bicyclic) bond motifs is 1. The molecule has 1 aliphatic heterocycles. The van der Waals surface area contributed by atoms with Gasteiger partial charge in [0.05, 0.1) is 25.7 Å². The summed E-state index contributed by atoms with van der Waals surface area (Å²) in [6, 6.07) is 8.92. The van der Waals surface area contributed by atoms with Gasteiger partial charge in [-0.05, 0) is 31.5 Å². The first-order valence-electron chi connectivity index (χ1n) is 8.57. The number of carbonyl (C=O) groups excluding carboxylic acids is 1. The molecule has 3 rings (SSSR count). The lowest BCUT2D eigenvalue weighted by molar-refractivity contribution is -0.136. The maximum atomic E-state index is 13.2. The predicted molar refractivity (Wildman–Crippen MR) is 99.8 cm³/mol. The van der Waals surface area contributed by atoms with Crippen LogP contribution in [0.2, 0.25) is 0 Å². The van der Waals surface area contributed by atoms with Gasteiger partial charge in [-0.15, -0.1) is 0 Å². The van der Waals surface area contributed by atoms with Gasteiger partial charge in [0, 0.05) is 18.3 Å². The summed E-state index contributed by atoms with van der Waals surface area (Å²) in [7, 11) is 2.82. The lowest BCUT2D eigenvalue weighted by Crippen LogP contribution is -2.34. The number of aryl methyl sites for hydroxylation is 1. The summed E-state index contributed by atoms with van der Waals surface area (Å²) in [5.41, 5.74) is 7.72. The molecule has 0 unspecified atom stereocenters. The van der Waals surface area contributed by atoms with E-state index in [9.17, 15) is 9.59 Å². The van der Waals surface area contributed by atoms with Crippen LogP contribution in [-0.2, 0) is 16.1 Å². The molecular weight excluding hydrogens is 348 g/mol. The number of esters is 1. The van der Waals surface area contributed by atoms with Crippen molar-refractivity contribution in [2.75, 3.05) is 14.2 Å².